The van der Waals surface area contributed by atoms with Gasteiger partial charge in [0.15, 0.2) is 0 Å². The molecule has 0 bridgehead atoms. The zero-order valence-corrected chi connectivity index (χ0v) is 16.1. The molecule has 3 aromatic rings. The van der Waals surface area contributed by atoms with E-state index in [0.29, 0.717) is 5.92 Å². The number of amides is 1. The lowest BCUT2D eigenvalue weighted by Crippen LogP contribution is -2.37. The van der Waals surface area contributed by atoms with Crippen LogP contribution < -0.4 is 0 Å². The fraction of sp³-hybridized carbons (Fsp3) is 0.240. The second kappa shape index (κ2) is 8.75. The van der Waals surface area contributed by atoms with E-state index >= 15 is 0 Å². The second-order valence-corrected chi connectivity index (χ2v) is 7.47. The van der Waals surface area contributed by atoms with E-state index in [1.54, 1.807) is 6.08 Å². The third-order valence-corrected chi connectivity index (χ3v) is 5.51. The van der Waals surface area contributed by atoms with Crippen LogP contribution in [0, 0.1) is 5.92 Å². The minimum atomic E-state index is 0.123. The fourth-order valence-corrected chi connectivity index (χ4v) is 3.84. The van der Waals surface area contributed by atoms with Crippen LogP contribution in [0.5, 0.6) is 0 Å². The SMILES string of the molecule is O=C(C=Cc1ccccc1)N1CCC(Cc2ccc(-n3cccc3)cc2)CC1. The van der Waals surface area contributed by atoms with Crippen LogP contribution in [-0.4, -0.2) is 28.5 Å². The molecule has 3 heteroatoms. The van der Waals surface area contributed by atoms with Gasteiger partial charge in [0.2, 0.25) is 5.91 Å². The highest BCUT2D eigenvalue weighted by Gasteiger charge is 2.21. The Hall–Kier alpha value is -3.07. The molecule has 1 amide bonds. The van der Waals surface area contributed by atoms with Crippen molar-refractivity contribution in [2.75, 3.05) is 13.1 Å². The van der Waals surface area contributed by atoms with Crippen molar-refractivity contribution in [3.63, 3.8) is 0 Å². The Morgan fingerprint density at radius 2 is 1.57 bits per heavy atom. The maximum atomic E-state index is 12.4. The highest BCUT2D eigenvalue weighted by Crippen LogP contribution is 2.23. The van der Waals surface area contributed by atoms with Crippen LogP contribution in [0.25, 0.3) is 11.8 Å². The second-order valence-electron chi connectivity index (χ2n) is 7.47. The van der Waals surface area contributed by atoms with Crippen LogP contribution in [-0.2, 0) is 11.2 Å². The highest BCUT2D eigenvalue weighted by molar-refractivity contribution is 5.91. The van der Waals surface area contributed by atoms with Gasteiger partial charge in [-0.2, -0.15) is 0 Å². The molecule has 0 aliphatic carbocycles. The van der Waals surface area contributed by atoms with Crippen LogP contribution in [0.2, 0.25) is 0 Å². The Bertz CT molecular complexity index is 903. The summed E-state index contributed by atoms with van der Waals surface area (Å²) in [5, 5.41) is 0. The molecule has 1 fully saturated rings. The smallest absolute Gasteiger partial charge is 0.246 e. The van der Waals surface area contributed by atoms with Crippen molar-refractivity contribution in [2.24, 2.45) is 5.92 Å². The molecular weight excluding hydrogens is 344 g/mol. The van der Waals surface area contributed by atoms with Crippen molar-refractivity contribution in [3.8, 4) is 5.69 Å². The summed E-state index contributed by atoms with van der Waals surface area (Å²) in [6, 6.07) is 22.9. The highest BCUT2D eigenvalue weighted by atomic mass is 16.2. The van der Waals surface area contributed by atoms with E-state index < -0.39 is 0 Å². The molecule has 1 aliphatic heterocycles. The van der Waals surface area contributed by atoms with E-state index in [1.165, 1.54) is 11.3 Å². The van der Waals surface area contributed by atoms with Crippen molar-refractivity contribution < 1.29 is 4.79 Å². The van der Waals surface area contributed by atoms with Crippen molar-refractivity contribution in [1.82, 2.24) is 9.47 Å². The number of nitrogens with zero attached hydrogens (tertiary/aromatic N) is 2. The normalized spacial score (nSPS) is 15.2. The summed E-state index contributed by atoms with van der Waals surface area (Å²) in [4.78, 5) is 14.4. The largest absolute Gasteiger partial charge is 0.339 e. The van der Waals surface area contributed by atoms with Crippen molar-refractivity contribution in [3.05, 3.63) is 96.3 Å². The Balaban J connectivity index is 1.27. The lowest BCUT2D eigenvalue weighted by atomic mass is 9.90. The van der Waals surface area contributed by atoms with E-state index in [4.69, 9.17) is 0 Å². The average Bonchev–Trinajstić information content (AvgIpc) is 3.29. The van der Waals surface area contributed by atoms with Gasteiger partial charge in [0.25, 0.3) is 0 Å². The summed E-state index contributed by atoms with van der Waals surface area (Å²) in [5.41, 5.74) is 3.64. The Morgan fingerprint density at radius 1 is 0.893 bits per heavy atom. The number of likely N-dealkylation sites (tertiary alicyclic amines) is 1. The van der Waals surface area contributed by atoms with Crippen LogP contribution in [0.15, 0.2) is 85.2 Å². The third-order valence-electron chi connectivity index (χ3n) is 5.51. The molecule has 1 saturated heterocycles. The molecule has 0 atom stereocenters. The van der Waals surface area contributed by atoms with Gasteiger partial charge in [0, 0.05) is 37.2 Å². The minimum Gasteiger partial charge on any atom is -0.339 e. The van der Waals surface area contributed by atoms with Gasteiger partial charge < -0.3 is 9.47 Å². The molecule has 142 valence electrons. The Labute approximate surface area is 166 Å². The quantitative estimate of drug-likeness (QED) is 0.582. The van der Waals surface area contributed by atoms with Gasteiger partial charge in [-0.15, -0.1) is 0 Å². The average molecular weight is 370 g/mol. The van der Waals surface area contributed by atoms with Crippen molar-refractivity contribution in [1.29, 1.82) is 0 Å². The molecule has 2 aromatic carbocycles. The number of hydrogen-bond acceptors (Lipinski definition) is 1. The number of rotatable bonds is 5. The molecule has 0 spiro atoms. The maximum Gasteiger partial charge on any atom is 0.246 e. The summed E-state index contributed by atoms with van der Waals surface area (Å²) in [5.74, 6) is 0.776. The molecular formula is C25H26N2O. The summed E-state index contributed by atoms with van der Waals surface area (Å²) in [6.07, 6.45) is 11.0. The van der Waals surface area contributed by atoms with Crippen molar-refractivity contribution >= 4 is 12.0 Å². The van der Waals surface area contributed by atoms with E-state index in [1.807, 2.05) is 53.4 Å². The molecule has 4 rings (SSSR count). The zero-order chi connectivity index (χ0) is 19.2. The summed E-state index contributed by atoms with van der Waals surface area (Å²) in [7, 11) is 0. The minimum absolute atomic E-state index is 0.123. The predicted octanol–water partition coefficient (Wildman–Crippen LogP) is 4.97. The Morgan fingerprint density at radius 3 is 2.25 bits per heavy atom. The van der Waals surface area contributed by atoms with Crippen LogP contribution >= 0.6 is 0 Å². The lowest BCUT2D eigenvalue weighted by molar-refractivity contribution is -0.127. The standard InChI is InChI=1S/C25H26N2O/c28-25(13-10-21-6-2-1-3-7-21)27-18-14-23(15-19-27)20-22-8-11-24(12-9-22)26-16-4-5-17-26/h1-13,16-17,23H,14-15,18-20H2. The van der Waals surface area contributed by atoms with Gasteiger partial charge >= 0.3 is 0 Å². The molecule has 28 heavy (non-hydrogen) atoms. The van der Waals surface area contributed by atoms with E-state index in [0.717, 1.165) is 37.9 Å². The molecule has 2 heterocycles. The van der Waals surface area contributed by atoms with E-state index in [-0.39, 0.29) is 5.91 Å². The molecule has 3 nitrogen and oxygen atoms in total. The first-order chi connectivity index (χ1) is 13.8. The topological polar surface area (TPSA) is 25.2 Å². The first-order valence-electron chi connectivity index (χ1n) is 10.0. The Kier molecular flexibility index (Phi) is 5.72. The maximum absolute atomic E-state index is 12.4. The number of hydrogen-bond donors (Lipinski definition) is 0. The molecule has 0 N–H and O–H groups in total. The van der Waals surface area contributed by atoms with Crippen LogP contribution in [0.3, 0.4) is 0 Å². The molecule has 0 saturated carbocycles. The summed E-state index contributed by atoms with van der Waals surface area (Å²) >= 11 is 0. The molecule has 1 aliphatic rings. The number of piperidine rings is 1. The van der Waals surface area contributed by atoms with E-state index in [9.17, 15) is 4.79 Å². The van der Waals surface area contributed by atoms with Gasteiger partial charge in [0.1, 0.15) is 0 Å². The van der Waals surface area contributed by atoms with Crippen LogP contribution in [0.4, 0.5) is 0 Å². The van der Waals surface area contributed by atoms with Gasteiger partial charge in [-0.3, -0.25) is 4.79 Å². The third kappa shape index (κ3) is 4.61. The molecule has 0 unspecified atom stereocenters. The first kappa shape index (κ1) is 18.3. The molecule has 1 aromatic heterocycles. The van der Waals surface area contributed by atoms with Crippen molar-refractivity contribution in [2.45, 2.75) is 19.3 Å². The predicted molar refractivity (Wildman–Crippen MR) is 114 cm³/mol. The van der Waals surface area contributed by atoms with E-state index in [2.05, 4.69) is 41.2 Å². The van der Waals surface area contributed by atoms with Crippen LogP contribution in [0.1, 0.15) is 24.0 Å². The van der Waals surface area contributed by atoms with Gasteiger partial charge in [-0.25, -0.2) is 0 Å². The van der Waals surface area contributed by atoms with Gasteiger partial charge in [-0.1, -0.05) is 42.5 Å². The number of aromatic nitrogens is 1. The first-order valence-corrected chi connectivity index (χ1v) is 10.0. The summed E-state index contributed by atoms with van der Waals surface area (Å²) < 4.78 is 2.12. The van der Waals surface area contributed by atoms with Gasteiger partial charge in [-0.05, 0) is 66.6 Å². The number of carbonyl (C=O) groups excluding carboxylic acids is 1. The monoisotopic (exact) mass is 370 g/mol. The fourth-order valence-electron chi connectivity index (χ4n) is 3.84. The number of carbonyl (C=O) groups is 1. The number of benzene rings is 2. The zero-order valence-electron chi connectivity index (χ0n) is 16.1. The lowest BCUT2D eigenvalue weighted by Gasteiger charge is -2.31. The van der Waals surface area contributed by atoms with Gasteiger partial charge in [0.05, 0.1) is 0 Å². The molecule has 0 radical (unpaired) electrons. The summed E-state index contributed by atoms with van der Waals surface area (Å²) in [6.45, 7) is 1.70.